The number of hydrogen-bond acceptors (Lipinski definition) is 1. The Morgan fingerprint density at radius 2 is 1.90 bits per heavy atom. The molecule has 1 saturated heterocycles. The van der Waals surface area contributed by atoms with E-state index in [2.05, 4.69) is 0 Å². The molecule has 0 aromatic rings. The van der Waals surface area contributed by atoms with Crippen molar-refractivity contribution in [2.45, 2.75) is 24.5 Å². The summed E-state index contributed by atoms with van der Waals surface area (Å²) in [5, 5.41) is -0.281. The Morgan fingerprint density at radius 1 is 1.20 bits per heavy atom. The van der Waals surface area contributed by atoms with Crippen molar-refractivity contribution in [1.82, 2.24) is 0 Å². The third kappa shape index (κ3) is 0.696. The smallest absolute Gasteiger partial charge is 0.0856 e. The lowest BCUT2D eigenvalue weighted by Crippen LogP contribution is -2.47. The molecule has 2 rings (SSSR count). The number of hydrogen-bond donors (Lipinski definition) is 2. The molecule has 1 heterocycles. The van der Waals surface area contributed by atoms with Gasteiger partial charge in [-0.1, -0.05) is 0 Å². The third-order valence-corrected chi connectivity index (χ3v) is 5.67. The molecule has 0 amide bonds. The molecule has 1 aliphatic heterocycles. The van der Waals surface area contributed by atoms with Crippen LogP contribution in [0.4, 0.5) is 0 Å². The van der Waals surface area contributed by atoms with Gasteiger partial charge in [-0.15, -0.1) is 0 Å². The largest absolute Gasteiger partial charge is 0.307 e. The molecule has 0 bridgehead atoms. The van der Waals surface area contributed by atoms with Gasteiger partial charge in [0.2, 0.25) is 0 Å². The van der Waals surface area contributed by atoms with Crippen molar-refractivity contribution in [1.29, 1.82) is 0 Å². The normalized spacial score (nSPS) is 52.0. The zero-order chi connectivity index (χ0) is 7.43. The molecule has 2 N–H and O–H groups in total. The van der Waals surface area contributed by atoms with E-state index in [1.54, 1.807) is 0 Å². The molecular formula is C6H12O3S. The van der Waals surface area contributed by atoms with Crippen LogP contribution < -0.4 is 0 Å². The van der Waals surface area contributed by atoms with E-state index in [4.69, 9.17) is 0 Å². The molecule has 2 unspecified atom stereocenters. The fourth-order valence-corrected chi connectivity index (χ4v) is 4.72. The molecular weight excluding hydrogens is 152 g/mol. The minimum absolute atomic E-state index is 0.118. The van der Waals surface area contributed by atoms with Gasteiger partial charge in [-0.2, -0.15) is 0 Å². The number of rotatable bonds is 0. The zero-order valence-electron chi connectivity index (χ0n) is 5.69. The van der Waals surface area contributed by atoms with Crippen LogP contribution in [-0.4, -0.2) is 24.3 Å². The maximum absolute atomic E-state index is 11.3. The van der Waals surface area contributed by atoms with Gasteiger partial charge in [-0.3, -0.25) is 0 Å². The molecule has 3 nitrogen and oxygen atoms in total. The summed E-state index contributed by atoms with van der Waals surface area (Å²) in [5.74, 6) is 0.460. The molecule has 2 atom stereocenters. The average Bonchev–Trinajstić information content (AvgIpc) is 1.69. The van der Waals surface area contributed by atoms with Crippen molar-refractivity contribution < 1.29 is 13.3 Å². The van der Waals surface area contributed by atoms with E-state index in [9.17, 15) is 13.3 Å². The van der Waals surface area contributed by atoms with E-state index in [0.29, 0.717) is 5.92 Å². The van der Waals surface area contributed by atoms with E-state index < -0.39 is 9.63 Å². The fraction of sp³-hybridized carbons (Fsp3) is 1.00. The van der Waals surface area contributed by atoms with Crippen LogP contribution in [0.1, 0.15) is 19.3 Å². The van der Waals surface area contributed by atoms with Crippen molar-refractivity contribution >= 4 is 9.63 Å². The summed E-state index contributed by atoms with van der Waals surface area (Å²) in [7, 11) is -4.09. The first-order chi connectivity index (χ1) is 4.47. The molecule has 2 fully saturated rings. The molecule has 4 heteroatoms. The van der Waals surface area contributed by atoms with Crippen molar-refractivity contribution in [3.8, 4) is 0 Å². The number of fused-ring (bicyclic) bond motifs is 1. The predicted octanol–water partition coefficient (Wildman–Crippen LogP) is 0.935. The van der Waals surface area contributed by atoms with Crippen LogP contribution in [0, 0.1) is 5.92 Å². The van der Waals surface area contributed by atoms with Gasteiger partial charge in [0.25, 0.3) is 0 Å². The average molecular weight is 164 g/mol. The topological polar surface area (TPSA) is 57.5 Å². The predicted molar refractivity (Wildman–Crippen MR) is 39.4 cm³/mol. The van der Waals surface area contributed by atoms with Crippen LogP contribution in [0.3, 0.4) is 0 Å². The second-order valence-corrected chi connectivity index (χ2v) is 6.62. The molecule has 0 radical (unpaired) electrons. The van der Waals surface area contributed by atoms with Crippen LogP contribution >= 0.6 is 0 Å². The van der Waals surface area contributed by atoms with E-state index >= 15 is 0 Å². The third-order valence-electron chi connectivity index (χ3n) is 2.83. The molecule has 1 aliphatic carbocycles. The van der Waals surface area contributed by atoms with Gasteiger partial charge in [0.15, 0.2) is 0 Å². The standard InChI is InChI=1S/C6H12O3S/c7-10(8,9)4-3-5-1-2-6(5)10/h5-6H,1-4H2,(H2,7,8,9). The van der Waals surface area contributed by atoms with Gasteiger partial charge in [-0.05, 0) is 25.2 Å². The summed E-state index contributed by atoms with van der Waals surface area (Å²) in [6.07, 6.45) is 2.51. The lowest BCUT2D eigenvalue weighted by atomic mass is 9.83. The Kier molecular flexibility index (Phi) is 0.991. The van der Waals surface area contributed by atoms with Gasteiger partial charge in [0, 0.05) is 5.75 Å². The minimum Gasteiger partial charge on any atom is -0.307 e. The van der Waals surface area contributed by atoms with Crippen molar-refractivity contribution in [2.24, 2.45) is 5.92 Å². The van der Waals surface area contributed by atoms with E-state index in [0.717, 1.165) is 19.3 Å². The first-order valence-electron chi connectivity index (χ1n) is 3.61. The van der Waals surface area contributed by atoms with Crippen LogP contribution in [-0.2, 0) is 9.63 Å². The first kappa shape index (κ1) is 6.76. The SMILES string of the molecule is O=S1(O)(O)CCC2CCC21. The second-order valence-electron chi connectivity index (χ2n) is 3.45. The Morgan fingerprint density at radius 3 is 2.10 bits per heavy atom. The molecule has 0 aromatic heterocycles. The van der Waals surface area contributed by atoms with Crippen LogP contribution in [0.5, 0.6) is 0 Å². The maximum atomic E-state index is 11.3. The monoisotopic (exact) mass is 164 g/mol. The highest BCUT2D eigenvalue weighted by Gasteiger charge is 2.55. The Labute approximate surface area is 59.9 Å². The molecule has 0 spiro atoms. The lowest BCUT2D eigenvalue weighted by molar-refractivity contribution is 0.297. The molecule has 60 valence electrons. The summed E-state index contributed by atoms with van der Waals surface area (Å²) in [6.45, 7) is 0. The van der Waals surface area contributed by atoms with Crippen molar-refractivity contribution in [3.63, 3.8) is 0 Å². The van der Waals surface area contributed by atoms with Gasteiger partial charge in [0.05, 0.1) is 14.9 Å². The molecule has 2 aliphatic rings. The summed E-state index contributed by atoms with van der Waals surface area (Å²) in [6, 6.07) is 0. The summed E-state index contributed by atoms with van der Waals surface area (Å²) in [5.41, 5.74) is 0. The molecule has 10 heavy (non-hydrogen) atoms. The van der Waals surface area contributed by atoms with Crippen LogP contribution in [0.15, 0.2) is 0 Å². The summed E-state index contributed by atoms with van der Waals surface area (Å²) in [4.78, 5) is 0. The van der Waals surface area contributed by atoms with E-state index in [1.807, 2.05) is 0 Å². The van der Waals surface area contributed by atoms with Gasteiger partial charge in [0.1, 0.15) is 0 Å². The quantitative estimate of drug-likeness (QED) is 0.560. The van der Waals surface area contributed by atoms with Crippen molar-refractivity contribution in [2.75, 3.05) is 5.75 Å². The van der Waals surface area contributed by atoms with Crippen LogP contribution in [0.25, 0.3) is 0 Å². The highest BCUT2D eigenvalue weighted by atomic mass is 32.3. The summed E-state index contributed by atoms with van der Waals surface area (Å²) < 4.78 is 29.8. The minimum atomic E-state index is -4.09. The van der Waals surface area contributed by atoms with Crippen molar-refractivity contribution in [3.05, 3.63) is 0 Å². The lowest BCUT2D eigenvalue weighted by Gasteiger charge is -2.40. The molecule has 0 aromatic carbocycles. The Hall–Kier alpha value is 0.0700. The maximum Gasteiger partial charge on any atom is 0.0856 e. The highest BCUT2D eigenvalue weighted by molar-refractivity contribution is 8.11. The van der Waals surface area contributed by atoms with Gasteiger partial charge in [-0.25, -0.2) is 4.21 Å². The second kappa shape index (κ2) is 1.47. The highest BCUT2D eigenvalue weighted by Crippen LogP contribution is 2.50. The van der Waals surface area contributed by atoms with Gasteiger partial charge < -0.3 is 9.11 Å². The fourth-order valence-electron chi connectivity index (χ4n) is 2.02. The van der Waals surface area contributed by atoms with E-state index in [-0.39, 0.29) is 11.0 Å². The Bertz CT molecular complexity index is 229. The Balaban J connectivity index is 2.36. The molecule has 1 saturated carbocycles. The van der Waals surface area contributed by atoms with E-state index in [1.165, 1.54) is 0 Å². The zero-order valence-corrected chi connectivity index (χ0v) is 6.51. The summed E-state index contributed by atoms with van der Waals surface area (Å²) >= 11 is 0. The van der Waals surface area contributed by atoms with Gasteiger partial charge >= 0.3 is 0 Å². The van der Waals surface area contributed by atoms with Crippen LogP contribution in [0.2, 0.25) is 0 Å². The first-order valence-corrected chi connectivity index (χ1v) is 5.73.